The highest BCUT2D eigenvalue weighted by atomic mass is 32.2. The largest absolute Gasteiger partial charge is 0.486 e. The minimum Gasteiger partial charge on any atom is -0.486 e. The van der Waals surface area contributed by atoms with Gasteiger partial charge < -0.3 is 14.4 Å². The van der Waals surface area contributed by atoms with E-state index in [2.05, 4.69) is 4.99 Å². The van der Waals surface area contributed by atoms with E-state index in [-0.39, 0.29) is 28.7 Å². The number of amides is 1. The van der Waals surface area contributed by atoms with E-state index in [0.717, 1.165) is 5.69 Å². The molecule has 0 N–H and O–H groups in total. The van der Waals surface area contributed by atoms with Gasteiger partial charge in [0.15, 0.2) is 26.5 Å². The SMILES string of the molecule is CC(=O)N=C1S[C@H]2CS(=O)(=O)C[C@H]2N1c1ccc2c(c1)OCCO2. The van der Waals surface area contributed by atoms with Gasteiger partial charge in [0.1, 0.15) is 13.2 Å². The molecule has 0 radical (unpaired) electrons. The minimum absolute atomic E-state index is 0.0655. The van der Waals surface area contributed by atoms with Gasteiger partial charge in [-0.1, -0.05) is 11.8 Å². The summed E-state index contributed by atoms with van der Waals surface area (Å²) in [6, 6.07) is 5.24. The van der Waals surface area contributed by atoms with Gasteiger partial charge in [-0.05, 0) is 12.1 Å². The fourth-order valence-corrected chi connectivity index (χ4v) is 7.14. The van der Waals surface area contributed by atoms with E-state index in [4.69, 9.17) is 9.47 Å². The molecule has 3 heterocycles. The zero-order valence-corrected chi connectivity index (χ0v) is 14.6. The summed E-state index contributed by atoms with van der Waals surface area (Å²) in [7, 11) is -3.07. The van der Waals surface area contributed by atoms with E-state index in [1.165, 1.54) is 18.7 Å². The number of amidine groups is 1. The summed E-state index contributed by atoms with van der Waals surface area (Å²) in [5, 5.41) is 0.436. The number of carbonyl (C=O) groups is 1. The van der Waals surface area contributed by atoms with Crippen molar-refractivity contribution in [2.45, 2.75) is 18.2 Å². The lowest BCUT2D eigenvalue weighted by atomic mass is 10.2. The molecule has 2 atom stereocenters. The number of nitrogens with zero attached hydrogens (tertiary/aromatic N) is 2. The molecule has 3 aliphatic heterocycles. The average molecular weight is 368 g/mol. The van der Waals surface area contributed by atoms with Crippen molar-refractivity contribution >= 4 is 38.4 Å². The topological polar surface area (TPSA) is 85.3 Å². The quantitative estimate of drug-likeness (QED) is 0.733. The fraction of sp³-hybridized carbons (Fsp3) is 0.467. The van der Waals surface area contributed by atoms with Crippen LogP contribution in [0, 0.1) is 0 Å². The predicted octanol–water partition coefficient (Wildman–Crippen LogP) is 1.08. The summed E-state index contributed by atoms with van der Waals surface area (Å²) >= 11 is 1.36. The van der Waals surface area contributed by atoms with Gasteiger partial charge in [-0.15, -0.1) is 0 Å². The number of aliphatic imine (C=N–C) groups is 1. The normalized spacial score (nSPS) is 28.9. The Hall–Kier alpha value is -1.74. The molecule has 0 aromatic heterocycles. The molecule has 0 spiro atoms. The van der Waals surface area contributed by atoms with Crippen LogP contribution in [-0.2, 0) is 14.6 Å². The standard InChI is InChI=1S/C15H16N2O5S2/c1-9(18)16-15-17(11-7-24(19,20)8-14(11)23-15)10-2-3-12-13(6-10)22-5-4-21-12/h2-3,6,11,14H,4-5,7-8H2,1H3/t11-,14+/m1/s1. The molecule has 0 aliphatic carbocycles. The van der Waals surface area contributed by atoms with E-state index in [1.54, 1.807) is 6.07 Å². The number of hydrogen-bond donors (Lipinski definition) is 0. The number of thioether (sulfide) groups is 1. The van der Waals surface area contributed by atoms with Gasteiger partial charge in [-0.3, -0.25) is 4.79 Å². The highest BCUT2D eigenvalue weighted by molar-refractivity contribution is 8.16. The van der Waals surface area contributed by atoms with Crippen molar-refractivity contribution in [2.24, 2.45) is 4.99 Å². The summed E-state index contributed by atoms with van der Waals surface area (Å²) in [6.45, 7) is 2.37. The van der Waals surface area contributed by atoms with Crippen LogP contribution in [0.25, 0.3) is 0 Å². The van der Waals surface area contributed by atoms with Crippen LogP contribution in [0.4, 0.5) is 5.69 Å². The first-order valence-corrected chi connectivity index (χ1v) is 10.3. The molecule has 2 saturated heterocycles. The summed E-state index contributed by atoms with van der Waals surface area (Å²) in [4.78, 5) is 17.4. The molecule has 2 fully saturated rings. The Morgan fingerprint density at radius 1 is 1.25 bits per heavy atom. The Balaban J connectivity index is 1.75. The van der Waals surface area contributed by atoms with Crippen LogP contribution in [0.3, 0.4) is 0 Å². The van der Waals surface area contributed by atoms with E-state index < -0.39 is 9.84 Å². The lowest BCUT2D eigenvalue weighted by Crippen LogP contribution is -2.37. The summed E-state index contributed by atoms with van der Waals surface area (Å²) < 4.78 is 35.1. The first-order valence-electron chi connectivity index (χ1n) is 7.58. The lowest BCUT2D eigenvalue weighted by Gasteiger charge is -2.26. The van der Waals surface area contributed by atoms with Crippen LogP contribution in [0.2, 0.25) is 0 Å². The molecule has 0 saturated carbocycles. The number of hydrogen-bond acceptors (Lipinski definition) is 6. The third-order valence-electron chi connectivity index (χ3n) is 4.12. The minimum atomic E-state index is -3.07. The molecule has 1 aromatic carbocycles. The number of anilines is 1. The number of carbonyl (C=O) groups excluding carboxylic acids is 1. The monoisotopic (exact) mass is 368 g/mol. The molecule has 1 aromatic rings. The van der Waals surface area contributed by atoms with E-state index >= 15 is 0 Å². The second kappa shape index (κ2) is 5.66. The number of fused-ring (bicyclic) bond motifs is 2. The van der Waals surface area contributed by atoms with Gasteiger partial charge in [-0.2, -0.15) is 4.99 Å². The van der Waals surface area contributed by atoms with E-state index in [0.29, 0.717) is 29.9 Å². The Kier molecular flexibility index (Phi) is 3.72. The predicted molar refractivity (Wildman–Crippen MR) is 91.8 cm³/mol. The van der Waals surface area contributed by atoms with Crippen molar-refractivity contribution in [1.82, 2.24) is 0 Å². The smallest absolute Gasteiger partial charge is 0.244 e. The second-order valence-corrected chi connectivity index (χ2v) is 9.27. The molecule has 0 bridgehead atoms. The highest BCUT2D eigenvalue weighted by Crippen LogP contribution is 2.43. The third-order valence-corrected chi connectivity index (χ3v) is 7.33. The maximum atomic E-state index is 12.0. The molecule has 0 unspecified atom stereocenters. The van der Waals surface area contributed by atoms with Crippen LogP contribution < -0.4 is 14.4 Å². The van der Waals surface area contributed by atoms with Gasteiger partial charge in [0.25, 0.3) is 0 Å². The van der Waals surface area contributed by atoms with E-state index in [1.807, 2.05) is 17.0 Å². The molecule has 9 heteroatoms. The Labute approximate surface area is 143 Å². The zero-order chi connectivity index (χ0) is 16.9. The first-order chi connectivity index (χ1) is 11.4. The molecule has 7 nitrogen and oxygen atoms in total. The molecule has 24 heavy (non-hydrogen) atoms. The fourth-order valence-electron chi connectivity index (χ4n) is 3.18. The average Bonchev–Trinajstić information content (AvgIpc) is 2.97. The summed E-state index contributed by atoms with van der Waals surface area (Å²) in [6.07, 6.45) is 0. The first kappa shape index (κ1) is 15.8. The molecular weight excluding hydrogens is 352 g/mol. The maximum Gasteiger partial charge on any atom is 0.244 e. The van der Waals surface area contributed by atoms with Crippen LogP contribution in [0.1, 0.15) is 6.92 Å². The molecule has 128 valence electrons. The van der Waals surface area contributed by atoms with Gasteiger partial charge in [0.05, 0.1) is 17.5 Å². The van der Waals surface area contributed by atoms with Crippen molar-refractivity contribution in [3.8, 4) is 11.5 Å². The van der Waals surface area contributed by atoms with Gasteiger partial charge in [0, 0.05) is 23.9 Å². The van der Waals surface area contributed by atoms with Crippen LogP contribution in [0.5, 0.6) is 11.5 Å². The number of benzene rings is 1. The molecule has 4 rings (SSSR count). The molecular formula is C15H16N2O5S2. The van der Waals surface area contributed by atoms with Crippen LogP contribution in [0.15, 0.2) is 23.2 Å². The number of rotatable bonds is 1. The van der Waals surface area contributed by atoms with Crippen LogP contribution >= 0.6 is 11.8 Å². The number of sulfone groups is 1. The zero-order valence-electron chi connectivity index (χ0n) is 13.0. The lowest BCUT2D eigenvalue weighted by molar-refractivity contribution is -0.115. The summed E-state index contributed by atoms with van der Waals surface area (Å²) in [5.74, 6) is 1.16. The number of ether oxygens (including phenoxy) is 2. The van der Waals surface area contributed by atoms with Gasteiger partial charge >= 0.3 is 0 Å². The summed E-state index contributed by atoms with van der Waals surface area (Å²) in [5.41, 5.74) is 0.761. The van der Waals surface area contributed by atoms with Gasteiger partial charge in [-0.25, -0.2) is 8.42 Å². The molecule has 1 amide bonds. The Morgan fingerprint density at radius 3 is 2.75 bits per heavy atom. The van der Waals surface area contributed by atoms with Crippen molar-refractivity contribution in [1.29, 1.82) is 0 Å². The Bertz CT molecular complexity index is 836. The van der Waals surface area contributed by atoms with Crippen molar-refractivity contribution in [3.05, 3.63) is 18.2 Å². The second-order valence-electron chi connectivity index (χ2n) is 5.91. The molecule has 3 aliphatic rings. The third kappa shape index (κ3) is 2.75. The van der Waals surface area contributed by atoms with Gasteiger partial charge in [0.2, 0.25) is 5.91 Å². The van der Waals surface area contributed by atoms with Crippen molar-refractivity contribution in [2.75, 3.05) is 29.6 Å². The highest BCUT2D eigenvalue weighted by Gasteiger charge is 2.49. The van der Waals surface area contributed by atoms with E-state index in [9.17, 15) is 13.2 Å². The van der Waals surface area contributed by atoms with Crippen molar-refractivity contribution < 1.29 is 22.7 Å². The van der Waals surface area contributed by atoms with Crippen LogP contribution in [-0.4, -0.2) is 55.5 Å². The Morgan fingerprint density at radius 2 is 2.00 bits per heavy atom. The van der Waals surface area contributed by atoms with Crippen molar-refractivity contribution in [3.63, 3.8) is 0 Å². The maximum absolute atomic E-state index is 12.0.